The smallest absolute Gasteiger partial charge is 0.308 e. The fourth-order valence-electron chi connectivity index (χ4n) is 18.2. The van der Waals surface area contributed by atoms with Gasteiger partial charge in [0.1, 0.15) is 36.6 Å². The maximum absolute atomic E-state index is 14.6. The average Bonchev–Trinajstić information content (AvgIpc) is 4.46. The molecule has 0 unspecified atom stereocenters. The minimum absolute atomic E-state index is 0.0157. The van der Waals surface area contributed by atoms with Gasteiger partial charge in [0.25, 0.3) is 0 Å². The minimum Gasteiger partial charge on any atom is -0.459 e. The first kappa shape index (κ1) is 54.0. The summed E-state index contributed by atoms with van der Waals surface area (Å²) in [7, 11) is 0. The zero-order chi connectivity index (χ0) is 54.0. The van der Waals surface area contributed by atoms with Gasteiger partial charge in [-0.15, -0.1) is 0 Å². The number of esters is 1. The number of aliphatic hydroxyl groups excluding tert-OH is 2. The molecule has 440 valence electrons. The zero-order valence-electron chi connectivity index (χ0n) is 46.6. The van der Waals surface area contributed by atoms with Crippen LogP contribution in [0.4, 0.5) is 0 Å². The van der Waals surface area contributed by atoms with E-state index in [-0.39, 0.29) is 153 Å². The Balaban J connectivity index is 0.655. The monoisotopic (exact) mass is 1110 g/mol. The largest absolute Gasteiger partial charge is 0.459 e. The molecule has 16 rings (SSSR count). The van der Waals surface area contributed by atoms with Crippen molar-refractivity contribution in [3.8, 4) is 0 Å². The molecule has 79 heavy (non-hydrogen) atoms. The topological polar surface area (TPSA) is 222 Å². The number of carbonyl (C=O) groups excluding carboxylic acids is 1. The molecule has 0 aromatic heterocycles. The van der Waals surface area contributed by atoms with Crippen LogP contribution in [0.5, 0.6) is 0 Å². The Kier molecular flexibility index (Phi) is 13.8. The first-order valence-electron chi connectivity index (χ1n) is 30.9. The molecule has 16 aliphatic rings. The predicted molar refractivity (Wildman–Crippen MR) is 276 cm³/mol. The van der Waals surface area contributed by atoms with E-state index < -0.39 is 66.2 Å². The molecular formula is C60H87NO18. The van der Waals surface area contributed by atoms with Crippen molar-refractivity contribution in [1.29, 1.82) is 0 Å². The van der Waals surface area contributed by atoms with E-state index in [4.69, 9.17) is 76.8 Å². The third-order valence-electron chi connectivity index (χ3n) is 22.0. The van der Waals surface area contributed by atoms with Crippen LogP contribution in [0.25, 0.3) is 0 Å². The summed E-state index contributed by atoms with van der Waals surface area (Å²) in [6.45, 7) is 18.0. The molecule has 16 fully saturated rings. The number of carbonyl (C=O) groups is 1. The van der Waals surface area contributed by atoms with Crippen LogP contribution in [0.15, 0.2) is 24.3 Å². The zero-order valence-corrected chi connectivity index (χ0v) is 46.6. The number of nitrogens with two attached hydrogens (primary N) is 1. The van der Waals surface area contributed by atoms with E-state index in [0.717, 1.165) is 49.7 Å². The van der Waals surface area contributed by atoms with E-state index in [1.54, 1.807) is 0 Å². The Morgan fingerprint density at radius 1 is 0.519 bits per heavy atom. The number of hydrogen-bond acceptors (Lipinski definition) is 19. The number of rotatable bonds is 4. The Morgan fingerprint density at radius 2 is 1.19 bits per heavy atom. The van der Waals surface area contributed by atoms with Crippen LogP contribution in [0.1, 0.15) is 143 Å². The molecular weight excluding hydrogens is 1020 g/mol. The van der Waals surface area contributed by atoms with Crippen LogP contribution >= 0.6 is 0 Å². The molecule has 16 heterocycles. The summed E-state index contributed by atoms with van der Waals surface area (Å²) in [5, 5.41) is 21.1. The van der Waals surface area contributed by atoms with Crippen LogP contribution in [0, 0.1) is 23.7 Å². The van der Waals surface area contributed by atoms with Crippen LogP contribution in [-0.4, -0.2) is 193 Å². The van der Waals surface area contributed by atoms with E-state index in [1.165, 1.54) is 0 Å². The summed E-state index contributed by atoms with van der Waals surface area (Å²) in [6.07, 6.45) is 2.95. The highest BCUT2D eigenvalue weighted by Gasteiger charge is 2.70. The Bertz CT molecular complexity index is 2350. The summed E-state index contributed by atoms with van der Waals surface area (Å²) in [5.41, 5.74) is 7.81. The maximum Gasteiger partial charge on any atom is 0.308 e. The molecule has 0 aliphatic carbocycles. The minimum atomic E-state index is -0.914. The molecule has 32 atom stereocenters. The normalized spacial score (nSPS) is 57.2. The number of ether oxygens (including phenoxy) is 15. The van der Waals surface area contributed by atoms with E-state index in [1.807, 2.05) is 0 Å². The van der Waals surface area contributed by atoms with Crippen molar-refractivity contribution < 1.29 is 86.1 Å². The summed E-state index contributed by atoms with van der Waals surface area (Å²) in [6, 6.07) is 0. The molecule has 3 spiro atoms. The Labute approximate surface area is 464 Å². The lowest BCUT2D eigenvalue weighted by Crippen LogP contribution is -2.62. The highest BCUT2D eigenvalue weighted by Crippen LogP contribution is 2.58. The second kappa shape index (κ2) is 20.2. The average molecular weight is 1110 g/mol. The van der Waals surface area contributed by atoms with E-state index in [0.29, 0.717) is 64.2 Å². The van der Waals surface area contributed by atoms with Crippen molar-refractivity contribution in [2.45, 2.75) is 313 Å². The lowest BCUT2D eigenvalue weighted by molar-refractivity contribution is -0.347. The number of aliphatic hydroxyl groups is 2. The highest BCUT2D eigenvalue weighted by atomic mass is 16.8. The van der Waals surface area contributed by atoms with Crippen LogP contribution < -0.4 is 5.73 Å². The maximum atomic E-state index is 14.6. The molecule has 19 nitrogen and oxygen atoms in total. The van der Waals surface area contributed by atoms with Gasteiger partial charge in [-0.3, -0.25) is 4.79 Å². The van der Waals surface area contributed by atoms with Crippen molar-refractivity contribution in [2.75, 3.05) is 6.54 Å². The summed E-state index contributed by atoms with van der Waals surface area (Å²) in [4.78, 5) is 14.6. The second-order valence-corrected chi connectivity index (χ2v) is 27.6. The SMILES string of the molecule is C=C1C[C@@H]2CC[C@@]34C[C@@H]5O[C@@H]6[C@@H](O[C@H]7CC[C@H](CC(=O)O[C@@H]8[C@@H](C)[C@@H]9O[C@@H]%10C[C@]%11(C[C@@H]%12O[C@]%13(C[C@H](C)[C@@H]%14O[C@H]([C@@H](O)C[C@@H](O)CN)C[C@@H]%14O%13)C[C@H](C)[C@@H]%12O%11)O[C@@H]%10C[C@@H]9O[C@H]8C[C@H]8O[C@@H](CC[C@@H]1O2)C[C@@H](C)C8=C)O[C@@H]7[C@@H]6O3)[C@H]5O4. The third kappa shape index (κ3) is 9.43. The number of fused-ring (bicyclic) bond motifs is 10. The second-order valence-electron chi connectivity index (χ2n) is 27.6. The first-order chi connectivity index (χ1) is 38.0. The van der Waals surface area contributed by atoms with E-state index in [9.17, 15) is 15.0 Å². The van der Waals surface area contributed by atoms with Gasteiger partial charge in [-0.2, -0.15) is 0 Å². The molecule has 16 saturated heterocycles. The van der Waals surface area contributed by atoms with Crippen LogP contribution in [-0.2, 0) is 75.8 Å². The Morgan fingerprint density at radius 3 is 2.04 bits per heavy atom. The van der Waals surface area contributed by atoms with Gasteiger partial charge in [-0.25, -0.2) is 0 Å². The van der Waals surface area contributed by atoms with Gasteiger partial charge < -0.3 is 87.0 Å². The number of hydrogen-bond donors (Lipinski definition) is 3. The third-order valence-corrected chi connectivity index (χ3v) is 22.0. The van der Waals surface area contributed by atoms with Gasteiger partial charge in [-0.05, 0) is 73.8 Å². The quantitative estimate of drug-likeness (QED) is 0.252. The van der Waals surface area contributed by atoms with Gasteiger partial charge in [0.15, 0.2) is 17.4 Å². The lowest BCUT2D eigenvalue weighted by Gasteiger charge is -2.50. The summed E-state index contributed by atoms with van der Waals surface area (Å²) in [5.74, 6) is -2.68. The van der Waals surface area contributed by atoms with Crippen molar-refractivity contribution in [3.63, 3.8) is 0 Å². The van der Waals surface area contributed by atoms with Crippen molar-refractivity contribution in [1.82, 2.24) is 0 Å². The molecule has 16 aliphatic heterocycles. The first-order valence-corrected chi connectivity index (χ1v) is 30.9. The molecule has 0 saturated carbocycles. The Hall–Kier alpha value is -1.73. The van der Waals surface area contributed by atoms with E-state index in [2.05, 4.69) is 40.9 Å². The molecule has 12 bridgehead atoms. The highest BCUT2D eigenvalue weighted by molar-refractivity contribution is 5.70. The lowest BCUT2D eigenvalue weighted by atomic mass is 9.79. The van der Waals surface area contributed by atoms with Gasteiger partial charge in [0.05, 0.1) is 122 Å². The van der Waals surface area contributed by atoms with Crippen molar-refractivity contribution in [2.24, 2.45) is 29.4 Å². The van der Waals surface area contributed by atoms with Gasteiger partial charge >= 0.3 is 5.97 Å². The molecule has 0 radical (unpaired) electrons. The molecule has 4 N–H and O–H groups in total. The fourth-order valence-corrected chi connectivity index (χ4v) is 18.2. The van der Waals surface area contributed by atoms with E-state index >= 15 is 0 Å². The van der Waals surface area contributed by atoms with Gasteiger partial charge in [-0.1, -0.05) is 40.9 Å². The van der Waals surface area contributed by atoms with Crippen molar-refractivity contribution >= 4 is 5.97 Å². The van der Waals surface area contributed by atoms with Gasteiger partial charge in [0, 0.05) is 76.7 Å². The molecule has 0 aromatic carbocycles. The molecule has 0 aromatic rings. The van der Waals surface area contributed by atoms with Crippen molar-refractivity contribution in [3.05, 3.63) is 24.3 Å². The predicted octanol–water partition coefficient (Wildman–Crippen LogP) is 4.89. The fraction of sp³-hybridized carbons (Fsp3) is 0.917. The standard InChI is InChI=1S/C60H87NO18/c1-26-13-33-7-9-37-27(2)14-35(65-37)11-12-58-23-46-54(78-58)55-56(72-46)57(79-58)53-38(69-55)10-8-34(67-53)16-48(64)73-52-31(6)51-43(68-42(52)17-39(66-33)30(26)5)19-41-45(71-51)22-60(74-41)24-47-50(77-60)29(4)21-59(76-47)20-28(3)49-44(75-59)18-40(70-49)36(63)15-32(62)25-61/h26,28-29,31-47,49-57,62-63H,2,5,7-25,61H2,1,3-4,6H3/t26-,28+,29+,31+,32-,33+,34-,35+,36+,37+,38+,39-,40+,41-,42+,43+,44+,45-,46+,47+,49+,50+,51+,52-,53+,54+,55+,56-,57+,58+,59-,60+/m1/s1. The van der Waals surface area contributed by atoms with Crippen LogP contribution in [0.2, 0.25) is 0 Å². The summed E-state index contributed by atoms with van der Waals surface area (Å²) >= 11 is 0. The summed E-state index contributed by atoms with van der Waals surface area (Å²) < 4.78 is 104. The van der Waals surface area contributed by atoms with Gasteiger partial charge in [0.2, 0.25) is 0 Å². The molecule has 0 amide bonds. The van der Waals surface area contributed by atoms with Crippen LogP contribution in [0.3, 0.4) is 0 Å². The molecule has 19 heteroatoms.